The van der Waals surface area contributed by atoms with Crippen LogP contribution in [0.25, 0.3) is 0 Å². The molecule has 2 amide bonds. The van der Waals surface area contributed by atoms with Crippen LogP contribution in [0.2, 0.25) is 0 Å². The zero-order valence-corrected chi connectivity index (χ0v) is 8.70. The minimum Gasteiger partial charge on any atom is -0.381 e. The van der Waals surface area contributed by atoms with Crippen molar-refractivity contribution >= 4 is 11.8 Å². The van der Waals surface area contributed by atoms with E-state index in [1.54, 1.807) is 4.90 Å². The van der Waals surface area contributed by atoms with E-state index in [1.807, 2.05) is 0 Å². The second kappa shape index (κ2) is 4.61. The molecule has 2 saturated heterocycles. The molecular weight excluding hydrogens is 196 g/mol. The lowest BCUT2D eigenvalue weighted by Gasteiger charge is -2.31. The largest absolute Gasteiger partial charge is 0.381 e. The van der Waals surface area contributed by atoms with Gasteiger partial charge in [-0.2, -0.15) is 0 Å². The van der Waals surface area contributed by atoms with Crippen LogP contribution in [0.5, 0.6) is 0 Å². The van der Waals surface area contributed by atoms with E-state index >= 15 is 0 Å². The zero-order valence-electron chi connectivity index (χ0n) is 8.70. The van der Waals surface area contributed by atoms with E-state index in [-0.39, 0.29) is 24.3 Å². The quantitative estimate of drug-likeness (QED) is 0.629. The SMILES string of the molecule is O=C1CN(C(=O)C2CCCOC2)CCN1. The first-order chi connectivity index (χ1) is 7.27. The first kappa shape index (κ1) is 10.4. The molecule has 2 heterocycles. The van der Waals surface area contributed by atoms with E-state index in [4.69, 9.17) is 4.74 Å². The Labute approximate surface area is 88.8 Å². The Morgan fingerprint density at radius 2 is 2.40 bits per heavy atom. The maximum Gasteiger partial charge on any atom is 0.239 e. The average molecular weight is 212 g/mol. The third-order valence-corrected chi connectivity index (χ3v) is 2.86. The number of carbonyl (C=O) groups is 2. The van der Waals surface area contributed by atoms with Gasteiger partial charge in [0, 0.05) is 19.7 Å². The molecule has 1 N–H and O–H groups in total. The number of hydrogen-bond donors (Lipinski definition) is 1. The van der Waals surface area contributed by atoms with Crippen molar-refractivity contribution < 1.29 is 14.3 Å². The van der Waals surface area contributed by atoms with Crippen LogP contribution in [0.15, 0.2) is 0 Å². The van der Waals surface area contributed by atoms with Crippen molar-refractivity contribution in [3.8, 4) is 0 Å². The number of carbonyl (C=O) groups excluding carboxylic acids is 2. The number of nitrogens with one attached hydrogen (secondary N) is 1. The smallest absolute Gasteiger partial charge is 0.239 e. The number of nitrogens with zero attached hydrogens (tertiary/aromatic N) is 1. The highest BCUT2D eigenvalue weighted by Crippen LogP contribution is 2.16. The highest BCUT2D eigenvalue weighted by molar-refractivity contribution is 5.87. The Kier molecular flexibility index (Phi) is 3.20. The molecule has 0 radical (unpaired) electrons. The van der Waals surface area contributed by atoms with Crippen molar-refractivity contribution in [2.45, 2.75) is 12.8 Å². The monoisotopic (exact) mass is 212 g/mol. The fourth-order valence-corrected chi connectivity index (χ4v) is 2.02. The first-order valence-electron chi connectivity index (χ1n) is 5.40. The van der Waals surface area contributed by atoms with Crippen molar-refractivity contribution in [1.29, 1.82) is 0 Å². The molecule has 2 aliphatic rings. The van der Waals surface area contributed by atoms with Crippen LogP contribution in [-0.4, -0.2) is 49.6 Å². The molecule has 0 bridgehead atoms. The molecule has 2 rings (SSSR count). The molecule has 15 heavy (non-hydrogen) atoms. The first-order valence-corrected chi connectivity index (χ1v) is 5.40. The molecule has 5 heteroatoms. The van der Waals surface area contributed by atoms with Crippen molar-refractivity contribution in [1.82, 2.24) is 10.2 Å². The molecule has 1 atom stereocenters. The summed E-state index contributed by atoms with van der Waals surface area (Å²) in [5, 5.41) is 2.71. The lowest BCUT2D eigenvalue weighted by atomic mass is 10.0. The van der Waals surface area contributed by atoms with Gasteiger partial charge in [-0.25, -0.2) is 0 Å². The van der Waals surface area contributed by atoms with Gasteiger partial charge in [-0.05, 0) is 12.8 Å². The Hall–Kier alpha value is -1.10. The summed E-state index contributed by atoms with van der Waals surface area (Å²) >= 11 is 0. The third-order valence-electron chi connectivity index (χ3n) is 2.86. The fraction of sp³-hybridized carbons (Fsp3) is 0.800. The molecule has 0 saturated carbocycles. The van der Waals surface area contributed by atoms with Gasteiger partial charge < -0.3 is 15.0 Å². The topological polar surface area (TPSA) is 58.6 Å². The van der Waals surface area contributed by atoms with Crippen LogP contribution in [0, 0.1) is 5.92 Å². The number of piperazine rings is 1. The summed E-state index contributed by atoms with van der Waals surface area (Å²) in [4.78, 5) is 24.7. The molecule has 2 aliphatic heterocycles. The van der Waals surface area contributed by atoms with Crippen LogP contribution in [0.4, 0.5) is 0 Å². The van der Waals surface area contributed by atoms with Gasteiger partial charge in [0.1, 0.15) is 0 Å². The highest BCUT2D eigenvalue weighted by Gasteiger charge is 2.29. The lowest BCUT2D eigenvalue weighted by molar-refractivity contribution is -0.144. The predicted molar refractivity (Wildman–Crippen MR) is 53.1 cm³/mol. The Bertz CT molecular complexity index is 261. The third kappa shape index (κ3) is 2.47. The molecule has 84 valence electrons. The Morgan fingerprint density at radius 1 is 1.53 bits per heavy atom. The van der Waals surface area contributed by atoms with Gasteiger partial charge in [-0.3, -0.25) is 9.59 Å². The highest BCUT2D eigenvalue weighted by atomic mass is 16.5. The van der Waals surface area contributed by atoms with Gasteiger partial charge in [0.25, 0.3) is 0 Å². The zero-order chi connectivity index (χ0) is 10.7. The molecule has 0 aromatic heterocycles. The minimum absolute atomic E-state index is 0.0374. The standard InChI is InChI=1S/C10H16N2O3/c13-9-6-12(4-3-11-9)10(14)8-2-1-5-15-7-8/h8H,1-7H2,(H,11,13). The van der Waals surface area contributed by atoms with E-state index in [9.17, 15) is 9.59 Å². The van der Waals surface area contributed by atoms with Crippen molar-refractivity contribution in [2.75, 3.05) is 32.8 Å². The molecule has 2 fully saturated rings. The fourth-order valence-electron chi connectivity index (χ4n) is 2.02. The van der Waals surface area contributed by atoms with Crippen LogP contribution >= 0.6 is 0 Å². The molecule has 0 aromatic carbocycles. The van der Waals surface area contributed by atoms with Crippen molar-refractivity contribution in [3.05, 3.63) is 0 Å². The van der Waals surface area contributed by atoms with Gasteiger partial charge in [0.05, 0.1) is 19.1 Å². The van der Waals surface area contributed by atoms with Gasteiger partial charge in [-0.1, -0.05) is 0 Å². The van der Waals surface area contributed by atoms with Crippen LogP contribution < -0.4 is 5.32 Å². The number of hydrogen-bond acceptors (Lipinski definition) is 3. The second-order valence-corrected chi connectivity index (χ2v) is 4.02. The van der Waals surface area contributed by atoms with Gasteiger partial charge >= 0.3 is 0 Å². The number of rotatable bonds is 1. The summed E-state index contributed by atoms with van der Waals surface area (Å²) in [7, 11) is 0. The predicted octanol–water partition coefficient (Wildman–Crippen LogP) is -0.629. The maximum absolute atomic E-state index is 12.0. The van der Waals surface area contributed by atoms with E-state index < -0.39 is 0 Å². The van der Waals surface area contributed by atoms with Crippen LogP contribution in [-0.2, 0) is 14.3 Å². The maximum atomic E-state index is 12.0. The summed E-state index contributed by atoms with van der Waals surface area (Å²) < 4.78 is 5.27. The van der Waals surface area contributed by atoms with Crippen LogP contribution in [0.3, 0.4) is 0 Å². The molecular formula is C10H16N2O3. The minimum atomic E-state index is -0.0636. The van der Waals surface area contributed by atoms with E-state index in [1.165, 1.54) is 0 Å². The number of amides is 2. The van der Waals surface area contributed by atoms with Gasteiger partial charge in [0.2, 0.25) is 11.8 Å². The molecule has 5 nitrogen and oxygen atoms in total. The second-order valence-electron chi connectivity index (χ2n) is 4.02. The van der Waals surface area contributed by atoms with Gasteiger partial charge in [-0.15, -0.1) is 0 Å². The normalized spacial score (nSPS) is 27.3. The molecule has 0 aliphatic carbocycles. The lowest BCUT2D eigenvalue weighted by Crippen LogP contribution is -2.52. The number of ether oxygens (including phenoxy) is 1. The van der Waals surface area contributed by atoms with Gasteiger partial charge in [0.15, 0.2) is 0 Å². The van der Waals surface area contributed by atoms with E-state index in [0.29, 0.717) is 19.7 Å². The Morgan fingerprint density at radius 3 is 3.07 bits per heavy atom. The summed E-state index contributed by atoms with van der Waals surface area (Å²) in [6.45, 7) is 2.66. The van der Waals surface area contributed by atoms with Crippen molar-refractivity contribution in [2.24, 2.45) is 5.92 Å². The average Bonchev–Trinajstić information content (AvgIpc) is 2.29. The van der Waals surface area contributed by atoms with E-state index in [2.05, 4.69) is 5.32 Å². The molecule has 1 unspecified atom stereocenters. The molecule has 0 spiro atoms. The van der Waals surface area contributed by atoms with Crippen LogP contribution in [0.1, 0.15) is 12.8 Å². The summed E-state index contributed by atoms with van der Waals surface area (Å²) in [5.41, 5.74) is 0. The Balaban J connectivity index is 1.90. The summed E-state index contributed by atoms with van der Waals surface area (Å²) in [6, 6.07) is 0. The summed E-state index contributed by atoms with van der Waals surface area (Å²) in [5.74, 6) is -0.0273. The van der Waals surface area contributed by atoms with Crippen molar-refractivity contribution in [3.63, 3.8) is 0 Å². The molecule has 0 aromatic rings. The summed E-state index contributed by atoms with van der Waals surface area (Å²) in [6.07, 6.45) is 1.83. The van der Waals surface area contributed by atoms with E-state index in [0.717, 1.165) is 19.4 Å².